The lowest BCUT2D eigenvalue weighted by atomic mass is 10.1. The van der Waals surface area contributed by atoms with Gasteiger partial charge in [0.15, 0.2) is 5.58 Å². The maximum atomic E-state index is 12.9. The van der Waals surface area contributed by atoms with Gasteiger partial charge in [0.25, 0.3) is 10.0 Å². The van der Waals surface area contributed by atoms with E-state index in [2.05, 4.69) is 15.2 Å². The molecular weight excluding hydrogens is 438 g/mol. The van der Waals surface area contributed by atoms with Crippen molar-refractivity contribution in [2.75, 3.05) is 10.0 Å². The van der Waals surface area contributed by atoms with Gasteiger partial charge in [0.1, 0.15) is 5.69 Å². The first kappa shape index (κ1) is 20.9. The third-order valence-corrected chi connectivity index (χ3v) is 6.41. The number of benzene rings is 3. The van der Waals surface area contributed by atoms with E-state index in [1.165, 1.54) is 6.07 Å². The van der Waals surface area contributed by atoms with Crippen molar-refractivity contribution in [1.29, 1.82) is 0 Å². The van der Waals surface area contributed by atoms with Gasteiger partial charge in [0.2, 0.25) is 5.91 Å². The number of hydrogen-bond acceptors (Lipinski definition) is 5. The average molecular weight is 456 g/mol. The summed E-state index contributed by atoms with van der Waals surface area (Å²) in [6.07, 6.45) is -0.00397. The second-order valence-corrected chi connectivity index (χ2v) is 9.03. The number of nitrogens with zero attached hydrogens (tertiary/aromatic N) is 1. The van der Waals surface area contributed by atoms with Crippen LogP contribution in [-0.2, 0) is 21.2 Å². The molecule has 0 saturated carbocycles. The summed E-state index contributed by atoms with van der Waals surface area (Å²) >= 11 is 5.85. The maximum absolute atomic E-state index is 12.9. The Labute approximate surface area is 184 Å². The van der Waals surface area contributed by atoms with Crippen LogP contribution in [0.15, 0.2) is 76.1 Å². The van der Waals surface area contributed by atoms with Crippen LogP contribution in [-0.4, -0.2) is 19.5 Å². The van der Waals surface area contributed by atoms with Crippen molar-refractivity contribution in [3.8, 4) is 0 Å². The zero-order chi connectivity index (χ0) is 22.0. The topological polar surface area (TPSA) is 101 Å². The molecule has 3 aromatic carbocycles. The van der Waals surface area contributed by atoms with Crippen molar-refractivity contribution in [1.82, 2.24) is 5.16 Å². The van der Waals surface area contributed by atoms with Crippen LogP contribution in [0.25, 0.3) is 11.0 Å². The van der Waals surface area contributed by atoms with Crippen LogP contribution in [0.4, 0.5) is 11.4 Å². The average Bonchev–Trinajstić information content (AvgIpc) is 3.14. The number of sulfonamides is 1. The van der Waals surface area contributed by atoms with Crippen LogP contribution in [0.3, 0.4) is 0 Å². The summed E-state index contributed by atoms with van der Waals surface area (Å²) in [5.41, 5.74) is 2.40. The van der Waals surface area contributed by atoms with Crippen molar-refractivity contribution < 1.29 is 17.7 Å². The second-order valence-electron chi connectivity index (χ2n) is 6.94. The van der Waals surface area contributed by atoms with Crippen molar-refractivity contribution in [3.63, 3.8) is 0 Å². The highest BCUT2D eigenvalue weighted by Gasteiger charge is 2.19. The fourth-order valence-electron chi connectivity index (χ4n) is 3.12. The van der Waals surface area contributed by atoms with Crippen LogP contribution in [0, 0.1) is 6.92 Å². The predicted molar refractivity (Wildman–Crippen MR) is 120 cm³/mol. The highest BCUT2D eigenvalue weighted by molar-refractivity contribution is 7.92. The lowest BCUT2D eigenvalue weighted by Gasteiger charge is -2.13. The molecule has 9 heteroatoms. The third kappa shape index (κ3) is 4.70. The highest BCUT2D eigenvalue weighted by Crippen LogP contribution is 2.24. The first-order valence-corrected chi connectivity index (χ1v) is 11.2. The van der Waals surface area contributed by atoms with Gasteiger partial charge in [-0.2, -0.15) is 0 Å². The molecule has 0 saturated heterocycles. The number of carbonyl (C=O) groups excluding carboxylic acids is 1. The van der Waals surface area contributed by atoms with E-state index in [0.717, 1.165) is 5.39 Å². The number of aryl methyl sites for hydroxylation is 1. The minimum Gasteiger partial charge on any atom is -0.356 e. The zero-order valence-corrected chi connectivity index (χ0v) is 18.0. The quantitative estimate of drug-likeness (QED) is 0.436. The number of nitrogens with one attached hydrogen (secondary N) is 2. The number of carbonyl (C=O) groups is 1. The Kier molecular flexibility index (Phi) is 5.67. The minimum absolute atomic E-state index is 0.00397. The van der Waals surface area contributed by atoms with Crippen molar-refractivity contribution in [2.24, 2.45) is 0 Å². The van der Waals surface area contributed by atoms with Crippen molar-refractivity contribution in [2.45, 2.75) is 18.2 Å². The van der Waals surface area contributed by atoms with Gasteiger partial charge in [-0.1, -0.05) is 35.0 Å². The molecule has 0 atom stereocenters. The SMILES string of the molecule is Cc1ccc(NC(=O)Cc2noc3ccccc23)cc1S(=O)(=O)Nc1ccc(Cl)cc1. The Morgan fingerprint density at radius 1 is 1.03 bits per heavy atom. The molecule has 31 heavy (non-hydrogen) atoms. The number of aromatic nitrogens is 1. The smallest absolute Gasteiger partial charge is 0.262 e. The molecule has 0 spiro atoms. The Bertz CT molecular complexity index is 1370. The zero-order valence-electron chi connectivity index (χ0n) is 16.4. The van der Waals surface area contributed by atoms with Crippen LogP contribution in [0.2, 0.25) is 5.02 Å². The lowest BCUT2D eigenvalue weighted by molar-refractivity contribution is -0.115. The molecule has 0 fully saturated rings. The number of rotatable bonds is 6. The third-order valence-electron chi connectivity index (χ3n) is 4.64. The van der Waals surface area contributed by atoms with E-state index < -0.39 is 10.0 Å². The van der Waals surface area contributed by atoms with E-state index in [9.17, 15) is 13.2 Å². The molecule has 0 aliphatic carbocycles. The molecule has 0 aliphatic heterocycles. The number of fused-ring (bicyclic) bond motifs is 1. The summed E-state index contributed by atoms with van der Waals surface area (Å²) in [5.74, 6) is -0.336. The standard InChI is InChI=1S/C22H18ClN3O4S/c1-14-6-9-17(12-21(14)31(28,29)26-16-10-7-15(23)8-11-16)24-22(27)13-19-18-4-2-3-5-20(18)30-25-19/h2-12,26H,13H2,1H3,(H,24,27). The molecule has 7 nitrogen and oxygen atoms in total. The molecule has 1 amide bonds. The predicted octanol–water partition coefficient (Wildman–Crippen LogP) is 4.77. The Morgan fingerprint density at radius 2 is 1.74 bits per heavy atom. The molecule has 0 unspecified atom stereocenters. The summed E-state index contributed by atoms with van der Waals surface area (Å²) in [5, 5.41) is 7.94. The van der Waals surface area contributed by atoms with Crippen molar-refractivity contribution >= 4 is 49.9 Å². The Morgan fingerprint density at radius 3 is 2.52 bits per heavy atom. The summed E-state index contributed by atoms with van der Waals surface area (Å²) in [6, 6.07) is 18.3. The molecule has 4 aromatic rings. The molecule has 0 bridgehead atoms. The minimum atomic E-state index is -3.87. The number of amides is 1. The molecule has 4 rings (SSSR count). The van der Waals surface area contributed by atoms with Gasteiger partial charge in [-0.25, -0.2) is 8.42 Å². The molecule has 1 aromatic heterocycles. The van der Waals surface area contributed by atoms with Crippen LogP contribution in [0.1, 0.15) is 11.3 Å². The van der Waals surface area contributed by atoms with E-state index in [1.54, 1.807) is 49.4 Å². The van der Waals surface area contributed by atoms with E-state index in [1.807, 2.05) is 18.2 Å². The maximum Gasteiger partial charge on any atom is 0.262 e. The van der Waals surface area contributed by atoms with Crippen LogP contribution in [0.5, 0.6) is 0 Å². The largest absolute Gasteiger partial charge is 0.356 e. The summed E-state index contributed by atoms with van der Waals surface area (Å²) in [7, 11) is -3.87. The fourth-order valence-corrected chi connectivity index (χ4v) is 4.57. The number of para-hydroxylation sites is 1. The molecule has 2 N–H and O–H groups in total. The monoisotopic (exact) mass is 455 g/mol. The molecule has 158 valence electrons. The van der Waals surface area contributed by atoms with Gasteiger partial charge >= 0.3 is 0 Å². The van der Waals surface area contributed by atoms with Gasteiger partial charge in [-0.3, -0.25) is 9.52 Å². The van der Waals surface area contributed by atoms with Gasteiger partial charge in [0, 0.05) is 21.8 Å². The second kappa shape index (κ2) is 8.41. The van der Waals surface area contributed by atoms with Crippen LogP contribution >= 0.6 is 11.6 Å². The molecular formula is C22H18ClN3O4S. The van der Waals surface area contributed by atoms with Gasteiger partial charge in [-0.05, 0) is 61.0 Å². The lowest BCUT2D eigenvalue weighted by Crippen LogP contribution is -2.17. The first-order valence-electron chi connectivity index (χ1n) is 9.34. The number of hydrogen-bond donors (Lipinski definition) is 2. The van der Waals surface area contributed by atoms with E-state index in [4.69, 9.17) is 16.1 Å². The molecule has 0 aliphatic rings. The van der Waals surface area contributed by atoms with Gasteiger partial charge in [0.05, 0.1) is 11.3 Å². The van der Waals surface area contributed by atoms with Gasteiger partial charge in [-0.15, -0.1) is 0 Å². The van der Waals surface area contributed by atoms with Crippen LogP contribution < -0.4 is 10.0 Å². The number of halogens is 1. The normalized spacial score (nSPS) is 11.4. The van der Waals surface area contributed by atoms with E-state index in [0.29, 0.717) is 33.2 Å². The molecule has 0 radical (unpaired) electrons. The number of anilines is 2. The highest BCUT2D eigenvalue weighted by atomic mass is 35.5. The first-order chi connectivity index (χ1) is 14.8. The summed E-state index contributed by atoms with van der Waals surface area (Å²) in [6.45, 7) is 1.68. The summed E-state index contributed by atoms with van der Waals surface area (Å²) < 4.78 is 33.5. The van der Waals surface area contributed by atoms with E-state index >= 15 is 0 Å². The van der Waals surface area contributed by atoms with Gasteiger partial charge < -0.3 is 9.84 Å². The fraction of sp³-hybridized carbons (Fsp3) is 0.0909. The Hall–Kier alpha value is -3.36. The summed E-state index contributed by atoms with van der Waals surface area (Å²) in [4.78, 5) is 12.6. The molecule has 1 heterocycles. The Balaban J connectivity index is 1.53. The van der Waals surface area contributed by atoms with Crippen molar-refractivity contribution in [3.05, 3.63) is 83.0 Å². The van der Waals surface area contributed by atoms with E-state index in [-0.39, 0.29) is 17.2 Å².